The van der Waals surface area contributed by atoms with E-state index < -0.39 is 0 Å². The van der Waals surface area contributed by atoms with E-state index in [4.69, 9.17) is 14.6 Å². The summed E-state index contributed by atoms with van der Waals surface area (Å²) < 4.78 is 11.0. The molecule has 5 nitrogen and oxygen atoms in total. The summed E-state index contributed by atoms with van der Waals surface area (Å²) >= 11 is 0. The van der Waals surface area contributed by atoms with E-state index in [1.807, 2.05) is 0 Å². The number of ether oxygens (including phenoxy) is 2. The summed E-state index contributed by atoms with van der Waals surface area (Å²) in [6, 6.07) is 0. The average molecular weight is 486 g/mol. The minimum Gasteiger partial charge on any atom is -0.446 e. The second-order valence-corrected chi connectivity index (χ2v) is 9.88. The van der Waals surface area contributed by atoms with Gasteiger partial charge in [-0.1, -0.05) is 117 Å². The highest BCUT2D eigenvalue weighted by Crippen LogP contribution is 2.18. The Morgan fingerprint density at radius 1 is 0.647 bits per heavy atom. The van der Waals surface area contributed by atoms with Crippen LogP contribution in [0.4, 0.5) is 4.79 Å². The SMILES string of the molecule is CCCCCCCCCCCC(CCCCCCCCCCC)OC(=O)NCCCOCCO. The van der Waals surface area contributed by atoms with E-state index in [9.17, 15) is 4.79 Å². The fraction of sp³-hybridized carbons (Fsp3) is 0.966. The van der Waals surface area contributed by atoms with Crippen molar-refractivity contribution < 1.29 is 19.4 Å². The van der Waals surface area contributed by atoms with Gasteiger partial charge in [-0.25, -0.2) is 4.79 Å². The largest absolute Gasteiger partial charge is 0.446 e. The first kappa shape index (κ1) is 33.2. The van der Waals surface area contributed by atoms with E-state index in [2.05, 4.69) is 19.2 Å². The van der Waals surface area contributed by atoms with Crippen LogP contribution in [0.15, 0.2) is 0 Å². The highest BCUT2D eigenvalue weighted by atomic mass is 16.6. The summed E-state index contributed by atoms with van der Waals surface area (Å²) in [5.41, 5.74) is 0. The molecule has 2 N–H and O–H groups in total. The molecule has 0 unspecified atom stereocenters. The Hall–Kier alpha value is -0.810. The summed E-state index contributed by atoms with van der Waals surface area (Å²) in [5.74, 6) is 0. The fourth-order valence-electron chi connectivity index (χ4n) is 4.35. The van der Waals surface area contributed by atoms with Crippen LogP contribution in [0.2, 0.25) is 0 Å². The number of aliphatic hydroxyl groups is 1. The number of rotatable bonds is 27. The summed E-state index contributed by atoms with van der Waals surface area (Å²) in [6.07, 6.45) is 26.1. The Morgan fingerprint density at radius 2 is 1.09 bits per heavy atom. The number of unbranched alkanes of at least 4 members (excludes halogenated alkanes) is 16. The van der Waals surface area contributed by atoms with Gasteiger partial charge in [0.25, 0.3) is 0 Å². The molecule has 0 bridgehead atoms. The number of aliphatic hydroxyl groups excluding tert-OH is 1. The fourth-order valence-corrected chi connectivity index (χ4v) is 4.35. The predicted octanol–water partition coefficient (Wildman–Crippen LogP) is 8.32. The van der Waals surface area contributed by atoms with Gasteiger partial charge >= 0.3 is 6.09 Å². The third-order valence-electron chi connectivity index (χ3n) is 6.50. The highest BCUT2D eigenvalue weighted by Gasteiger charge is 2.14. The second kappa shape index (κ2) is 28.4. The van der Waals surface area contributed by atoms with Crippen LogP contribution in [0.1, 0.15) is 149 Å². The molecule has 0 saturated carbocycles. The maximum atomic E-state index is 12.2. The monoisotopic (exact) mass is 485 g/mol. The van der Waals surface area contributed by atoms with Crippen LogP contribution in [0.25, 0.3) is 0 Å². The standard InChI is InChI=1S/C29H59NO4/c1-3-5-7-9-11-13-15-17-19-22-28(23-20-18-16-14-12-10-8-6-4-2)34-29(32)30-24-21-26-33-27-25-31/h28,31H,3-27H2,1-2H3,(H,30,32). The van der Waals surface area contributed by atoms with Crippen molar-refractivity contribution in [2.75, 3.05) is 26.4 Å². The Morgan fingerprint density at radius 3 is 1.53 bits per heavy atom. The maximum Gasteiger partial charge on any atom is 0.407 e. The molecule has 0 heterocycles. The molecule has 1 amide bonds. The van der Waals surface area contributed by atoms with Crippen LogP contribution < -0.4 is 5.32 Å². The van der Waals surface area contributed by atoms with E-state index in [-0.39, 0.29) is 18.8 Å². The number of hydrogen-bond donors (Lipinski definition) is 2. The van der Waals surface area contributed by atoms with Gasteiger partial charge in [-0.15, -0.1) is 0 Å². The summed E-state index contributed by atoms with van der Waals surface area (Å²) in [5, 5.41) is 11.6. The van der Waals surface area contributed by atoms with Gasteiger partial charge in [0.2, 0.25) is 0 Å². The summed E-state index contributed by atoms with van der Waals surface area (Å²) in [7, 11) is 0. The Labute approximate surface area is 212 Å². The van der Waals surface area contributed by atoms with Gasteiger partial charge in [-0.2, -0.15) is 0 Å². The lowest BCUT2D eigenvalue weighted by atomic mass is 10.0. The molecular formula is C29H59NO4. The first-order valence-corrected chi connectivity index (χ1v) is 14.9. The van der Waals surface area contributed by atoms with Crippen LogP contribution in [-0.4, -0.2) is 43.7 Å². The molecule has 204 valence electrons. The van der Waals surface area contributed by atoms with Crippen molar-refractivity contribution in [1.29, 1.82) is 0 Å². The van der Waals surface area contributed by atoms with Gasteiger partial charge < -0.3 is 19.9 Å². The first-order chi connectivity index (χ1) is 16.7. The van der Waals surface area contributed by atoms with Crippen molar-refractivity contribution >= 4 is 6.09 Å². The second-order valence-electron chi connectivity index (χ2n) is 9.88. The highest BCUT2D eigenvalue weighted by molar-refractivity contribution is 5.67. The van der Waals surface area contributed by atoms with Crippen LogP contribution >= 0.6 is 0 Å². The Kier molecular flexibility index (Phi) is 27.8. The van der Waals surface area contributed by atoms with Crippen LogP contribution in [0, 0.1) is 0 Å². The molecule has 0 fully saturated rings. The lowest BCUT2D eigenvalue weighted by molar-refractivity contribution is 0.0789. The predicted molar refractivity (Wildman–Crippen MR) is 144 cm³/mol. The van der Waals surface area contributed by atoms with E-state index in [1.165, 1.54) is 103 Å². The smallest absolute Gasteiger partial charge is 0.407 e. The minimum absolute atomic E-state index is 0.0366. The summed E-state index contributed by atoms with van der Waals surface area (Å²) in [6.45, 7) is 6.01. The number of nitrogens with one attached hydrogen (secondary N) is 1. The Bertz CT molecular complexity index is 384. The number of hydrogen-bond acceptors (Lipinski definition) is 4. The van der Waals surface area contributed by atoms with E-state index in [0.717, 1.165) is 32.1 Å². The van der Waals surface area contributed by atoms with Crippen LogP contribution in [-0.2, 0) is 9.47 Å². The number of carbonyl (C=O) groups excluding carboxylic acids is 1. The zero-order valence-electron chi connectivity index (χ0n) is 22.9. The van der Waals surface area contributed by atoms with Crippen molar-refractivity contribution in [2.24, 2.45) is 0 Å². The first-order valence-electron chi connectivity index (χ1n) is 14.9. The molecule has 0 radical (unpaired) electrons. The van der Waals surface area contributed by atoms with Crippen LogP contribution in [0.3, 0.4) is 0 Å². The molecule has 0 aromatic rings. The van der Waals surface area contributed by atoms with Crippen LogP contribution in [0.5, 0.6) is 0 Å². The number of amides is 1. The van der Waals surface area contributed by atoms with E-state index in [0.29, 0.717) is 19.8 Å². The van der Waals surface area contributed by atoms with Gasteiger partial charge in [-0.05, 0) is 32.1 Å². The van der Waals surface area contributed by atoms with Crippen molar-refractivity contribution in [3.8, 4) is 0 Å². The molecule has 0 atom stereocenters. The lowest BCUT2D eigenvalue weighted by Crippen LogP contribution is -2.30. The van der Waals surface area contributed by atoms with E-state index >= 15 is 0 Å². The average Bonchev–Trinajstić information content (AvgIpc) is 2.83. The minimum atomic E-state index is -0.293. The number of carbonyl (C=O) groups is 1. The molecule has 0 aliphatic heterocycles. The van der Waals surface area contributed by atoms with Gasteiger partial charge in [0.05, 0.1) is 13.2 Å². The van der Waals surface area contributed by atoms with Gasteiger partial charge in [0.1, 0.15) is 6.10 Å². The summed E-state index contributed by atoms with van der Waals surface area (Å²) in [4.78, 5) is 12.2. The third-order valence-corrected chi connectivity index (χ3v) is 6.50. The zero-order chi connectivity index (χ0) is 25.0. The maximum absolute atomic E-state index is 12.2. The van der Waals surface area contributed by atoms with Crippen molar-refractivity contribution in [3.05, 3.63) is 0 Å². The number of alkyl carbamates (subject to hydrolysis) is 1. The quantitative estimate of drug-likeness (QED) is 0.115. The molecule has 0 aromatic carbocycles. The third kappa shape index (κ3) is 25.8. The molecular weight excluding hydrogens is 426 g/mol. The van der Waals surface area contributed by atoms with E-state index in [1.54, 1.807) is 0 Å². The molecule has 0 aliphatic rings. The van der Waals surface area contributed by atoms with Crippen molar-refractivity contribution in [3.63, 3.8) is 0 Å². The van der Waals surface area contributed by atoms with Gasteiger partial charge in [-0.3, -0.25) is 0 Å². The normalized spacial score (nSPS) is 11.3. The molecule has 0 aliphatic carbocycles. The molecule has 0 rings (SSSR count). The van der Waals surface area contributed by atoms with Gasteiger partial charge in [0.15, 0.2) is 0 Å². The molecule has 0 saturated heterocycles. The lowest BCUT2D eigenvalue weighted by Gasteiger charge is -2.18. The zero-order valence-corrected chi connectivity index (χ0v) is 22.9. The Balaban J connectivity index is 4.02. The molecule has 34 heavy (non-hydrogen) atoms. The molecule has 0 spiro atoms. The van der Waals surface area contributed by atoms with Gasteiger partial charge in [0, 0.05) is 13.2 Å². The molecule has 0 aromatic heterocycles. The molecule has 5 heteroatoms. The van der Waals surface area contributed by atoms with Crippen molar-refractivity contribution in [1.82, 2.24) is 5.32 Å². The van der Waals surface area contributed by atoms with Crippen molar-refractivity contribution in [2.45, 2.75) is 155 Å². The topological polar surface area (TPSA) is 67.8 Å².